The summed E-state index contributed by atoms with van der Waals surface area (Å²) in [6.45, 7) is 10.1. The average molecular weight is 613 g/mol. The molecule has 0 bridgehead atoms. The number of thioether (sulfide) groups is 1. The number of allylic oxidation sites excluding steroid dienone is 3. The maximum absolute atomic E-state index is 14.0. The topological polar surface area (TPSA) is 113 Å². The minimum absolute atomic E-state index is 0.0812. The normalized spacial score (nSPS) is 18.0. The second-order valence-electron chi connectivity index (χ2n) is 12.1. The van der Waals surface area contributed by atoms with Crippen LogP contribution in [0.15, 0.2) is 82.2 Å². The number of hydrogen-bond acceptors (Lipinski definition) is 7. The van der Waals surface area contributed by atoms with E-state index in [-0.39, 0.29) is 33.6 Å². The van der Waals surface area contributed by atoms with Crippen LogP contribution in [0.25, 0.3) is 0 Å². The molecule has 0 saturated carbocycles. The van der Waals surface area contributed by atoms with Gasteiger partial charge in [-0.2, -0.15) is 5.26 Å². The SMILES string of the molecule is Cc1ccc(SCc2cc(C3C(C#N)=C(N)N(c4ccc(Cl)cc4[N+](=O)[O-])C4=C3C(=O)CC(C)(C)C4)c(C)cc2C)cc1. The van der Waals surface area contributed by atoms with Crippen LogP contribution in [0, 0.1) is 47.6 Å². The molecule has 1 atom stereocenters. The van der Waals surface area contributed by atoms with Crippen LogP contribution in [0.5, 0.6) is 0 Å². The lowest BCUT2D eigenvalue weighted by Crippen LogP contribution is -2.42. The van der Waals surface area contributed by atoms with Crippen LogP contribution >= 0.6 is 23.4 Å². The van der Waals surface area contributed by atoms with Crippen LogP contribution < -0.4 is 10.6 Å². The maximum Gasteiger partial charge on any atom is 0.294 e. The number of carbonyl (C=O) groups is 1. The molecule has 2 N–H and O–H groups in total. The molecular weight excluding hydrogens is 580 g/mol. The number of nitro benzene ring substituents is 1. The molecule has 1 heterocycles. The number of nitro groups is 1. The Bertz CT molecular complexity index is 1770. The van der Waals surface area contributed by atoms with Gasteiger partial charge in [0.1, 0.15) is 11.5 Å². The molecule has 3 aromatic carbocycles. The van der Waals surface area contributed by atoms with Gasteiger partial charge in [0.15, 0.2) is 5.78 Å². The summed E-state index contributed by atoms with van der Waals surface area (Å²) in [6.07, 6.45) is 0.739. The lowest BCUT2D eigenvalue weighted by molar-refractivity contribution is -0.384. The predicted octanol–water partition coefficient (Wildman–Crippen LogP) is 8.41. The number of ketones is 1. The third-order valence-corrected chi connectivity index (χ3v) is 9.50. The van der Waals surface area contributed by atoms with Crippen molar-refractivity contribution in [3.8, 4) is 6.07 Å². The molecule has 0 fully saturated rings. The summed E-state index contributed by atoms with van der Waals surface area (Å²) in [7, 11) is 0. The second kappa shape index (κ2) is 11.6. The van der Waals surface area contributed by atoms with Gasteiger partial charge in [-0.05, 0) is 79.1 Å². The first-order valence-electron chi connectivity index (χ1n) is 14.0. The van der Waals surface area contributed by atoms with Crippen LogP contribution in [-0.2, 0) is 10.5 Å². The molecule has 0 saturated heterocycles. The molecule has 1 unspecified atom stereocenters. The summed E-state index contributed by atoms with van der Waals surface area (Å²) >= 11 is 7.86. The Labute approximate surface area is 261 Å². The van der Waals surface area contributed by atoms with Crippen molar-refractivity contribution in [3.63, 3.8) is 0 Å². The summed E-state index contributed by atoms with van der Waals surface area (Å²) in [6, 6.07) is 19.2. The minimum Gasteiger partial charge on any atom is -0.384 e. The quantitative estimate of drug-likeness (QED) is 0.169. The van der Waals surface area contributed by atoms with Gasteiger partial charge in [-0.3, -0.25) is 19.8 Å². The highest BCUT2D eigenvalue weighted by Gasteiger charge is 2.46. The van der Waals surface area contributed by atoms with Crippen LogP contribution in [-0.4, -0.2) is 10.7 Å². The lowest BCUT2D eigenvalue weighted by atomic mass is 9.68. The van der Waals surface area contributed by atoms with Gasteiger partial charge in [-0.15, -0.1) is 11.8 Å². The summed E-state index contributed by atoms with van der Waals surface area (Å²) in [4.78, 5) is 28.3. The number of nitrogens with two attached hydrogens (primary N) is 1. The lowest BCUT2D eigenvalue weighted by Gasteiger charge is -2.43. The van der Waals surface area contributed by atoms with Crippen LogP contribution in [0.3, 0.4) is 0 Å². The highest BCUT2D eigenvalue weighted by Crippen LogP contribution is 2.52. The van der Waals surface area contributed by atoms with Gasteiger partial charge in [0.05, 0.1) is 22.5 Å². The third-order valence-electron chi connectivity index (χ3n) is 8.21. The highest BCUT2D eigenvalue weighted by atomic mass is 35.5. The maximum atomic E-state index is 14.0. The van der Waals surface area contributed by atoms with E-state index in [2.05, 4.69) is 56.3 Å². The van der Waals surface area contributed by atoms with Crippen molar-refractivity contribution in [1.82, 2.24) is 0 Å². The van der Waals surface area contributed by atoms with E-state index < -0.39 is 16.3 Å². The van der Waals surface area contributed by atoms with E-state index in [1.165, 1.54) is 22.6 Å². The Kier molecular flexibility index (Phi) is 8.17. The number of carbonyl (C=O) groups excluding carboxylic acids is 1. The summed E-state index contributed by atoms with van der Waals surface area (Å²) in [5.41, 5.74) is 12.8. The average Bonchev–Trinajstić information content (AvgIpc) is 2.93. The number of aryl methyl sites for hydroxylation is 3. The standard InChI is InChI=1S/C34H33ClN4O3S/c1-19-6-9-24(10-7-19)43-18-22-13-25(21(3)12-20(22)2)31-26(17-36)33(37)38(27-11-8-23(35)14-28(27)39(41)42)29-15-34(4,5)16-30(40)32(29)31/h6-14,31H,15-16,18,37H2,1-5H3. The Morgan fingerprint density at radius 2 is 1.79 bits per heavy atom. The fourth-order valence-electron chi connectivity index (χ4n) is 6.11. The first kappa shape index (κ1) is 30.4. The molecule has 1 aliphatic heterocycles. The van der Waals surface area contributed by atoms with E-state index >= 15 is 0 Å². The first-order valence-corrected chi connectivity index (χ1v) is 15.4. The number of nitriles is 1. The van der Waals surface area contributed by atoms with Gasteiger partial charge in [0.2, 0.25) is 0 Å². The van der Waals surface area contributed by atoms with E-state index in [0.29, 0.717) is 29.9 Å². The zero-order chi connectivity index (χ0) is 31.2. The molecular formula is C34H33ClN4O3S. The summed E-state index contributed by atoms with van der Waals surface area (Å²) in [5, 5.41) is 22.9. The molecule has 0 amide bonds. The highest BCUT2D eigenvalue weighted by molar-refractivity contribution is 7.98. The monoisotopic (exact) mass is 612 g/mol. The minimum atomic E-state index is -0.685. The van der Waals surface area contributed by atoms with Crippen molar-refractivity contribution < 1.29 is 9.72 Å². The molecule has 0 spiro atoms. The van der Waals surface area contributed by atoms with Gasteiger partial charge in [0, 0.05) is 39.4 Å². The molecule has 0 radical (unpaired) electrons. The largest absolute Gasteiger partial charge is 0.384 e. The number of benzene rings is 3. The molecule has 0 aromatic heterocycles. The van der Waals surface area contributed by atoms with Crippen LogP contribution in [0.2, 0.25) is 5.02 Å². The number of rotatable bonds is 6. The second-order valence-corrected chi connectivity index (χ2v) is 13.6. The van der Waals surface area contributed by atoms with E-state index in [9.17, 15) is 20.2 Å². The fourth-order valence-corrected chi connectivity index (χ4v) is 7.23. The molecule has 220 valence electrons. The van der Waals surface area contributed by atoms with Gasteiger partial charge < -0.3 is 5.73 Å². The van der Waals surface area contributed by atoms with Crippen LogP contribution in [0.4, 0.5) is 11.4 Å². The number of hydrogen-bond donors (Lipinski definition) is 1. The molecule has 1 aliphatic carbocycles. The molecule has 43 heavy (non-hydrogen) atoms. The van der Waals surface area contributed by atoms with E-state index in [4.69, 9.17) is 17.3 Å². The van der Waals surface area contributed by atoms with E-state index in [1.54, 1.807) is 17.8 Å². The van der Waals surface area contributed by atoms with Crippen molar-refractivity contribution in [2.24, 2.45) is 11.1 Å². The van der Waals surface area contributed by atoms with Gasteiger partial charge in [-0.25, -0.2) is 0 Å². The van der Waals surface area contributed by atoms with Gasteiger partial charge in [0.25, 0.3) is 5.69 Å². The molecule has 2 aliphatic rings. The molecule has 5 rings (SSSR count). The Morgan fingerprint density at radius 3 is 2.44 bits per heavy atom. The number of halogens is 1. The van der Waals surface area contributed by atoms with Crippen molar-refractivity contribution in [1.29, 1.82) is 5.26 Å². The summed E-state index contributed by atoms with van der Waals surface area (Å²) < 4.78 is 0. The Hall–Kier alpha value is -4.06. The van der Waals surface area contributed by atoms with Crippen LogP contribution in [0.1, 0.15) is 60.4 Å². The van der Waals surface area contributed by atoms with Gasteiger partial charge in [-0.1, -0.05) is 55.3 Å². The smallest absolute Gasteiger partial charge is 0.294 e. The third kappa shape index (κ3) is 5.80. The van der Waals surface area contributed by atoms with E-state index in [0.717, 1.165) is 27.1 Å². The Balaban J connectivity index is 1.70. The van der Waals surface area contributed by atoms with Crippen molar-refractivity contribution >= 4 is 40.5 Å². The predicted molar refractivity (Wildman–Crippen MR) is 172 cm³/mol. The van der Waals surface area contributed by atoms with E-state index in [1.807, 2.05) is 20.8 Å². The molecule has 3 aromatic rings. The fraction of sp³-hybridized carbons (Fsp3) is 0.294. The van der Waals surface area contributed by atoms with Gasteiger partial charge >= 0.3 is 0 Å². The number of Topliss-reactive ketones (excluding diaryl/α,β-unsaturated/α-hetero) is 1. The van der Waals surface area contributed by atoms with Crippen molar-refractivity contribution in [2.45, 2.75) is 64.0 Å². The van der Waals surface area contributed by atoms with Crippen molar-refractivity contribution in [2.75, 3.05) is 4.90 Å². The Morgan fingerprint density at radius 1 is 1.09 bits per heavy atom. The number of nitrogens with zero attached hydrogens (tertiary/aromatic N) is 3. The zero-order valence-corrected chi connectivity index (χ0v) is 26.4. The first-order chi connectivity index (χ1) is 20.3. The zero-order valence-electron chi connectivity index (χ0n) is 24.8. The van der Waals surface area contributed by atoms with Crippen molar-refractivity contribution in [3.05, 3.63) is 120 Å². The number of anilines is 1. The molecule has 7 nitrogen and oxygen atoms in total. The molecule has 9 heteroatoms. The summed E-state index contributed by atoms with van der Waals surface area (Å²) in [5.74, 6) is 0.0210.